The molecule has 18 heavy (non-hydrogen) atoms. The summed E-state index contributed by atoms with van der Waals surface area (Å²) in [5.41, 5.74) is 8.97. The van der Waals surface area contributed by atoms with Gasteiger partial charge in [-0.1, -0.05) is 52.8 Å². The monoisotopic (exact) mass is 256 g/mol. The van der Waals surface area contributed by atoms with E-state index in [0.717, 1.165) is 16.3 Å². The molecule has 88 valence electrons. The van der Waals surface area contributed by atoms with Crippen LogP contribution in [-0.2, 0) is 0 Å². The highest BCUT2D eigenvalue weighted by Gasteiger charge is 2.02. The predicted octanol–water partition coefficient (Wildman–Crippen LogP) is 3.94. The topological polar surface area (TPSA) is 61.7 Å². The molecule has 0 atom stereocenters. The fourth-order valence-electron chi connectivity index (χ4n) is 1.57. The molecule has 4 nitrogen and oxygen atoms in total. The fourth-order valence-corrected chi connectivity index (χ4v) is 1.78. The maximum Gasteiger partial charge on any atom is 0.136 e. The molecule has 0 unspecified atom stereocenters. The molecular weight excluding hydrogens is 248 g/mol. The van der Waals surface area contributed by atoms with Crippen LogP contribution in [0.4, 0.5) is 0 Å². The average Bonchev–Trinajstić information content (AvgIpc) is 2.41. The zero-order valence-corrected chi connectivity index (χ0v) is 10.2. The lowest BCUT2D eigenvalue weighted by Crippen LogP contribution is -1.85. The Kier molecular flexibility index (Phi) is 4.03. The summed E-state index contributed by atoms with van der Waals surface area (Å²) in [6.45, 7) is 0.377. The molecule has 0 saturated heterocycles. The van der Waals surface area contributed by atoms with Gasteiger partial charge in [0, 0.05) is 34.8 Å². The van der Waals surface area contributed by atoms with Gasteiger partial charge in [-0.2, -0.15) is 0 Å². The molecule has 0 aliphatic rings. The Bertz CT molecular complexity index is 678. The van der Waals surface area contributed by atoms with E-state index in [4.69, 9.17) is 17.1 Å². The van der Waals surface area contributed by atoms with Crippen LogP contribution in [0, 0.1) is 11.8 Å². The maximum absolute atomic E-state index is 8.14. The number of benzene rings is 1. The van der Waals surface area contributed by atoms with Crippen molar-refractivity contribution >= 4 is 22.4 Å². The van der Waals surface area contributed by atoms with E-state index in [1.807, 2.05) is 24.3 Å². The van der Waals surface area contributed by atoms with Gasteiger partial charge in [-0.25, -0.2) is 4.98 Å². The SMILES string of the molecule is [N-]=[N+]=NCCC#Cc1cnc(Cl)c2ccccc12. The molecule has 2 rings (SSSR count). The Balaban J connectivity index is 2.34. The highest BCUT2D eigenvalue weighted by Crippen LogP contribution is 2.23. The summed E-state index contributed by atoms with van der Waals surface area (Å²) in [7, 11) is 0. The molecule has 0 spiro atoms. The van der Waals surface area contributed by atoms with Crippen LogP contribution in [0.3, 0.4) is 0 Å². The fraction of sp³-hybridized carbons (Fsp3) is 0.154. The van der Waals surface area contributed by atoms with Gasteiger partial charge in [0.2, 0.25) is 0 Å². The van der Waals surface area contributed by atoms with E-state index in [1.165, 1.54) is 0 Å². The van der Waals surface area contributed by atoms with Crippen molar-refractivity contribution in [2.24, 2.45) is 5.11 Å². The number of pyridine rings is 1. The summed E-state index contributed by atoms with van der Waals surface area (Å²) in [5, 5.41) is 5.77. The van der Waals surface area contributed by atoms with Gasteiger partial charge in [-0.3, -0.25) is 0 Å². The molecule has 1 heterocycles. The van der Waals surface area contributed by atoms with Crippen molar-refractivity contribution in [3.63, 3.8) is 0 Å². The second kappa shape index (κ2) is 5.92. The first kappa shape index (κ1) is 12.3. The van der Waals surface area contributed by atoms with Crippen LogP contribution >= 0.6 is 11.6 Å². The number of halogens is 1. The Morgan fingerprint density at radius 3 is 2.89 bits per heavy atom. The predicted molar refractivity (Wildman–Crippen MR) is 72.3 cm³/mol. The van der Waals surface area contributed by atoms with Crippen LogP contribution in [0.2, 0.25) is 5.15 Å². The molecular formula is C13H9ClN4. The molecule has 1 aromatic carbocycles. The average molecular weight is 257 g/mol. The molecule has 0 N–H and O–H groups in total. The molecule has 0 amide bonds. The Hall–Kier alpha value is -2.21. The first-order chi connectivity index (χ1) is 8.83. The van der Waals surface area contributed by atoms with Crippen molar-refractivity contribution in [2.75, 3.05) is 6.54 Å². The van der Waals surface area contributed by atoms with Gasteiger partial charge in [0.1, 0.15) is 5.15 Å². The van der Waals surface area contributed by atoms with E-state index in [9.17, 15) is 0 Å². The Labute approximate surface area is 109 Å². The maximum atomic E-state index is 8.14. The van der Waals surface area contributed by atoms with Crippen molar-refractivity contribution in [3.8, 4) is 11.8 Å². The van der Waals surface area contributed by atoms with E-state index < -0.39 is 0 Å². The highest BCUT2D eigenvalue weighted by atomic mass is 35.5. The summed E-state index contributed by atoms with van der Waals surface area (Å²) in [6, 6.07) is 7.72. The molecule has 1 aromatic heterocycles. The van der Waals surface area contributed by atoms with E-state index in [-0.39, 0.29) is 0 Å². The lowest BCUT2D eigenvalue weighted by molar-refractivity contribution is 1.01. The third-order valence-electron chi connectivity index (χ3n) is 2.37. The van der Waals surface area contributed by atoms with Crippen LogP contribution in [0.1, 0.15) is 12.0 Å². The minimum atomic E-state index is 0.377. The Morgan fingerprint density at radius 1 is 1.33 bits per heavy atom. The van der Waals surface area contributed by atoms with Crippen LogP contribution < -0.4 is 0 Å². The summed E-state index contributed by atoms with van der Waals surface area (Å²) < 4.78 is 0. The molecule has 2 aromatic rings. The normalized spacial score (nSPS) is 9.39. The molecule has 0 saturated carbocycles. The number of azide groups is 1. The van der Waals surface area contributed by atoms with Gasteiger partial charge in [0.25, 0.3) is 0 Å². The summed E-state index contributed by atoms with van der Waals surface area (Å²) in [4.78, 5) is 6.77. The zero-order valence-electron chi connectivity index (χ0n) is 9.47. The van der Waals surface area contributed by atoms with Gasteiger partial charge < -0.3 is 0 Å². The van der Waals surface area contributed by atoms with Crippen molar-refractivity contribution in [3.05, 3.63) is 51.6 Å². The zero-order chi connectivity index (χ0) is 12.8. The van der Waals surface area contributed by atoms with Crippen LogP contribution in [0.15, 0.2) is 35.6 Å². The summed E-state index contributed by atoms with van der Waals surface area (Å²) >= 11 is 6.02. The minimum Gasteiger partial charge on any atom is -0.243 e. The van der Waals surface area contributed by atoms with Gasteiger partial charge in [-0.05, 0) is 5.53 Å². The molecule has 0 aliphatic carbocycles. The molecule has 0 fully saturated rings. The standard InChI is InChI=1S/C13H9ClN4/c14-13-12-7-2-1-6-11(12)10(9-16-13)5-3-4-8-17-18-15/h1-2,6-7,9H,4,8H2. The first-order valence-corrected chi connectivity index (χ1v) is 5.73. The van der Waals surface area contributed by atoms with Gasteiger partial charge in [-0.15, -0.1) is 0 Å². The van der Waals surface area contributed by atoms with E-state index >= 15 is 0 Å². The van der Waals surface area contributed by atoms with Gasteiger partial charge in [0.05, 0.1) is 5.56 Å². The van der Waals surface area contributed by atoms with Crippen molar-refractivity contribution in [1.29, 1.82) is 0 Å². The number of rotatable bonds is 2. The van der Waals surface area contributed by atoms with E-state index in [1.54, 1.807) is 6.20 Å². The second-order valence-electron chi connectivity index (χ2n) is 3.51. The first-order valence-electron chi connectivity index (χ1n) is 5.36. The number of aromatic nitrogens is 1. The summed E-state index contributed by atoms with van der Waals surface area (Å²) in [5.74, 6) is 5.97. The molecule has 0 aliphatic heterocycles. The minimum absolute atomic E-state index is 0.377. The van der Waals surface area contributed by atoms with Crippen LogP contribution in [0.5, 0.6) is 0 Å². The number of nitrogens with zero attached hydrogens (tertiary/aromatic N) is 4. The van der Waals surface area contributed by atoms with E-state index in [2.05, 4.69) is 26.9 Å². The molecule has 0 radical (unpaired) electrons. The number of hydrogen-bond acceptors (Lipinski definition) is 2. The van der Waals surface area contributed by atoms with Crippen molar-refractivity contribution < 1.29 is 0 Å². The molecule has 5 heteroatoms. The van der Waals surface area contributed by atoms with Crippen molar-refractivity contribution in [1.82, 2.24) is 4.98 Å². The summed E-state index contributed by atoms with van der Waals surface area (Å²) in [6.07, 6.45) is 2.19. The third-order valence-corrected chi connectivity index (χ3v) is 2.67. The Morgan fingerprint density at radius 2 is 2.11 bits per heavy atom. The largest absolute Gasteiger partial charge is 0.243 e. The lowest BCUT2D eigenvalue weighted by atomic mass is 10.1. The number of hydrogen-bond donors (Lipinski definition) is 0. The lowest BCUT2D eigenvalue weighted by Gasteiger charge is -2.01. The molecule has 0 bridgehead atoms. The third kappa shape index (κ3) is 2.72. The highest BCUT2D eigenvalue weighted by molar-refractivity contribution is 6.34. The van der Waals surface area contributed by atoms with Crippen LogP contribution in [-0.4, -0.2) is 11.5 Å². The van der Waals surface area contributed by atoms with Crippen molar-refractivity contribution in [2.45, 2.75) is 6.42 Å². The van der Waals surface area contributed by atoms with E-state index in [0.29, 0.717) is 18.1 Å². The quantitative estimate of drug-likeness (QED) is 0.200. The van der Waals surface area contributed by atoms with Gasteiger partial charge in [0.15, 0.2) is 0 Å². The smallest absolute Gasteiger partial charge is 0.136 e. The van der Waals surface area contributed by atoms with Gasteiger partial charge >= 0.3 is 0 Å². The van der Waals surface area contributed by atoms with Crippen LogP contribution in [0.25, 0.3) is 21.2 Å². The number of fused-ring (bicyclic) bond motifs is 1. The second-order valence-corrected chi connectivity index (χ2v) is 3.87.